The minimum absolute atomic E-state index is 0.171. The quantitative estimate of drug-likeness (QED) is 0.556. The second-order valence-electron chi connectivity index (χ2n) is 4.96. The predicted octanol–water partition coefficient (Wildman–Crippen LogP) is 5.55. The first-order valence-electron chi connectivity index (χ1n) is 7.14. The second-order valence-corrected chi connectivity index (χ2v) is 6.81. The minimum atomic E-state index is -0.171. The molecule has 0 aliphatic carbocycles. The van der Waals surface area contributed by atoms with E-state index >= 15 is 0 Å². The Morgan fingerprint density at radius 1 is 1.17 bits per heavy atom. The lowest BCUT2D eigenvalue weighted by atomic mass is 10.0. The number of unbranched alkanes of at least 4 members (excludes halogenated alkanes) is 6. The smallest absolute Gasteiger partial charge is 0.0588 e. The van der Waals surface area contributed by atoms with Crippen LogP contribution in [0.25, 0.3) is 0 Å². The molecule has 1 rings (SSSR count). The van der Waals surface area contributed by atoms with E-state index < -0.39 is 0 Å². The zero-order valence-electron chi connectivity index (χ0n) is 11.3. The lowest BCUT2D eigenvalue weighted by Crippen LogP contribution is -2.09. The van der Waals surface area contributed by atoms with Gasteiger partial charge in [0.25, 0.3) is 0 Å². The average Bonchev–Trinajstić information content (AvgIpc) is 2.74. The van der Waals surface area contributed by atoms with Crippen LogP contribution in [0.2, 0.25) is 0 Å². The number of hydrogen-bond acceptors (Lipinski definition) is 2. The molecule has 18 heavy (non-hydrogen) atoms. The van der Waals surface area contributed by atoms with Crippen molar-refractivity contribution in [3.05, 3.63) is 20.8 Å². The topological polar surface area (TPSA) is 20.2 Å². The summed E-state index contributed by atoms with van der Waals surface area (Å²) < 4.78 is 1.14. The molecule has 1 atom stereocenters. The first-order chi connectivity index (χ1) is 8.74. The molecule has 0 amide bonds. The lowest BCUT2D eigenvalue weighted by molar-refractivity contribution is 0.161. The number of hydrogen-bond donors (Lipinski definition) is 1. The Kier molecular flexibility index (Phi) is 8.99. The van der Waals surface area contributed by atoms with Gasteiger partial charge in [-0.2, -0.15) is 0 Å². The van der Waals surface area contributed by atoms with Gasteiger partial charge in [-0.15, -0.1) is 11.3 Å². The molecular weight excluding hydrogens is 308 g/mol. The van der Waals surface area contributed by atoms with E-state index in [4.69, 9.17) is 0 Å². The molecule has 0 aromatic carbocycles. The normalized spacial score (nSPS) is 12.8. The molecule has 1 nitrogen and oxygen atoms in total. The van der Waals surface area contributed by atoms with Crippen molar-refractivity contribution in [1.29, 1.82) is 0 Å². The van der Waals surface area contributed by atoms with Gasteiger partial charge in [0.15, 0.2) is 0 Å². The van der Waals surface area contributed by atoms with E-state index in [-0.39, 0.29) is 6.10 Å². The van der Waals surface area contributed by atoms with Gasteiger partial charge >= 0.3 is 0 Å². The summed E-state index contributed by atoms with van der Waals surface area (Å²) >= 11 is 5.23. The van der Waals surface area contributed by atoms with E-state index in [0.717, 1.165) is 23.7 Å². The molecule has 0 radical (unpaired) electrons. The first-order valence-corrected chi connectivity index (χ1v) is 8.81. The van der Waals surface area contributed by atoms with E-state index in [0.29, 0.717) is 0 Å². The first kappa shape index (κ1) is 16.2. The Balaban J connectivity index is 2.00. The van der Waals surface area contributed by atoms with Crippen molar-refractivity contribution in [1.82, 2.24) is 0 Å². The molecule has 1 unspecified atom stereocenters. The average molecular weight is 333 g/mol. The summed E-state index contributed by atoms with van der Waals surface area (Å²) in [5, 5.41) is 12.0. The van der Waals surface area contributed by atoms with Crippen LogP contribution in [0.5, 0.6) is 0 Å². The Morgan fingerprint density at radius 2 is 1.83 bits per heavy atom. The molecule has 0 spiro atoms. The van der Waals surface area contributed by atoms with E-state index in [2.05, 4.69) is 34.3 Å². The fraction of sp³-hybridized carbons (Fsp3) is 0.733. The molecule has 1 N–H and O–H groups in total. The van der Waals surface area contributed by atoms with Crippen molar-refractivity contribution in [3.63, 3.8) is 0 Å². The van der Waals surface area contributed by atoms with Crippen LogP contribution in [0.1, 0.15) is 63.2 Å². The summed E-state index contributed by atoms with van der Waals surface area (Å²) in [7, 11) is 0. The summed E-state index contributed by atoms with van der Waals surface area (Å²) in [6.45, 7) is 2.25. The summed E-state index contributed by atoms with van der Waals surface area (Å²) in [5.41, 5.74) is 0. The number of aliphatic hydroxyl groups excluding tert-OH is 1. The van der Waals surface area contributed by atoms with Gasteiger partial charge in [0, 0.05) is 15.8 Å². The standard InChI is InChI=1S/C15H25BrOS/c1-2-3-4-5-6-7-8-9-13(17)12-15-14(16)10-11-18-15/h10-11,13,17H,2-9,12H2,1H3. The van der Waals surface area contributed by atoms with Crippen LogP contribution in [0.4, 0.5) is 0 Å². The van der Waals surface area contributed by atoms with Crippen molar-refractivity contribution in [2.75, 3.05) is 0 Å². The highest BCUT2D eigenvalue weighted by Crippen LogP contribution is 2.25. The highest BCUT2D eigenvalue weighted by molar-refractivity contribution is 9.10. The molecule has 104 valence electrons. The van der Waals surface area contributed by atoms with Gasteiger partial charge in [-0.3, -0.25) is 0 Å². The molecule has 0 saturated heterocycles. The van der Waals surface area contributed by atoms with Crippen LogP contribution >= 0.6 is 27.3 Å². The van der Waals surface area contributed by atoms with E-state index in [1.54, 1.807) is 11.3 Å². The second kappa shape index (κ2) is 9.99. The van der Waals surface area contributed by atoms with E-state index in [1.807, 2.05) is 0 Å². The Hall–Kier alpha value is 0.140. The Labute approximate surface area is 124 Å². The van der Waals surface area contributed by atoms with Crippen molar-refractivity contribution >= 4 is 27.3 Å². The highest BCUT2D eigenvalue weighted by Gasteiger charge is 2.09. The molecule has 0 aliphatic rings. The SMILES string of the molecule is CCCCCCCCCC(O)Cc1sccc1Br. The van der Waals surface area contributed by atoms with Crippen LogP contribution in [-0.2, 0) is 6.42 Å². The maximum Gasteiger partial charge on any atom is 0.0588 e. The molecule has 0 aliphatic heterocycles. The van der Waals surface area contributed by atoms with Crippen LogP contribution in [0, 0.1) is 0 Å². The third-order valence-electron chi connectivity index (χ3n) is 3.25. The molecule has 0 saturated carbocycles. The third kappa shape index (κ3) is 6.91. The fourth-order valence-corrected chi connectivity index (χ4v) is 3.71. The van der Waals surface area contributed by atoms with Gasteiger partial charge in [0.05, 0.1) is 6.10 Å². The van der Waals surface area contributed by atoms with Crippen molar-refractivity contribution < 1.29 is 5.11 Å². The number of halogens is 1. The largest absolute Gasteiger partial charge is 0.393 e. The van der Waals surface area contributed by atoms with Gasteiger partial charge in [-0.25, -0.2) is 0 Å². The van der Waals surface area contributed by atoms with Crippen LogP contribution in [0.3, 0.4) is 0 Å². The van der Waals surface area contributed by atoms with E-state index in [1.165, 1.54) is 43.4 Å². The van der Waals surface area contributed by atoms with Gasteiger partial charge in [0.1, 0.15) is 0 Å². The fourth-order valence-electron chi connectivity index (χ4n) is 2.12. The molecule has 0 bridgehead atoms. The molecule has 3 heteroatoms. The highest BCUT2D eigenvalue weighted by atomic mass is 79.9. The summed E-state index contributed by atoms with van der Waals surface area (Å²) in [5.74, 6) is 0. The Bertz CT molecular complexity index is 311. The molecule has 1 aromatic rings. The Morgan fingerprint density at radius 3 is 2.44 bits per heavy atom. The van der Waals surface area contributed by atoms with Gasteiger partial charge in [0.2, 0.25) is 0 Å². The number of aliphatic hydroxyl groups is 1. The zero-order valence-corrected chi connectivity index (χ0v) is 13.7. The van der Waals surface area contributed by atoms with Crippen LogP contribution in [0.15, 0.2) is 15.9 Å². The van der Waals surface area contributed by atoms with Crippen LogP contribution in [-0.4, -0.2) is 11.2 Å². The predicted molar refractivity (Wildman–Crippen MR) is 84.3 cm³/mol. The maximum atomic E-state index is 9.97. The third-order valence-corrected chi connectivity index (χ3v) is 5.20. The summed E-state index contributed by atoms with van der Waals surface area (Å²) in [4.78, 5) is 1.27. The van der Waals surface area contributed by atoms with Crippen molar-refractivity contribution in [3.8, 4) is 0 Å². The molecular formula is C15H25BrOS. The molecule has 1 heterocycles. The van der Waals surface area contributed by atoms with E-state index in [9.17, 15) is 5.11 Å². The summed E-state index contributed by atoms with van der Waals surface area (Å²) in [6.07, 6.45) is 10.8. The molecule has 1 aromatic heterocycles. The maximum absolute atomic E-state index is 9.97. The zero-order chi connectivity index (χ0) is 13.2. The lowest BCUT2D eigenvalue weighted by Gasteiger charge is -2.09. The van der Waals surface area contributed by atoms with Crippen molar-refractivity contribution in [2.24, 2.45) is 0 Å². The van der Waals surface area contributed by atoms with Gasteiger partial charge < -0.3 is 5.11 Å². The number of thiophene rings is 1. The number of rotatable bonds is 10. The molecule has 0 fully saturated rings. The minimum Gasteiger partial charge on any atom is -0.393 e. The van der Waals surface area contributed by atoms with Crippen molar-refractivity contribution in [2.45, 2.75) is 70.8 Å². The van der Waals surface area contributed by atoms with Gasteiger partial charge in [-0.05, 0) is 33.8 Å². The van der Waals surface area contributed by atoms with Gasteiger partial charge in [-0.1, -0.05) is 51.9 Å². The monoisotopic (exact) mass is 332 g/mol. The van der Waals surface area contributed by atoms with Crippen LogP contribution < -0.4 is 0 Å². The summed E-state index contributed by atoms with van der Waals surface area (Å²) in [6, 6.07) is 2.06.